The fourth-order valence-electron chi connectivity index (χ4n) is 13.2. The molecular weight excluding hydrogens is 1200 g/mol. The van der Waals surface area contributed by atoms with Gasteiger partial charge in [0.2, 0.25) is 0 Å². The summed E-state index contributed by atoms with van der Waals surface area (Å²) >= 11 is 0. The number of hydrogen-bond acceptors (Lipinski definition) is 4. The summed E-state index contributed by atoms with van der Waals surface area (Å²) in [5.74, 6) is -5.27. The van der Waals surface area contributed by atoms with Gasteiger partial charge in [0.1, 0.15) is 0 Å². The van der Waals surface area contributed by atoms with E-state index in [1.807, 2.05) is 246 Å². The summed E-state index contributed by atoms with van der Waals surface area (Å²) in [6.07, 6.45) is -13.7. The van der Waals surface area contributed by atoms with Gasteiger partial charge in [0.05, 0.1) is 23.7 Å². The van der Waals surface area contributed by atoms with Gasteiger partial charge in [-0.2, -0.15) is 52.7 Å². The maximum absolute atomic E-state index is 13.3. The van der Waals surface area contributed by atoms with Crippen LogP contribution < -0.4 is 21.3 Å². The maximum Gasteiger partial charge on any atom is 0.393 e. The second kappa shape index (κ2) is 30.7. The van der Waals surface area contributed by atoms with Crippen molar-refractivity contribution in [2.45, 2.75) is 152 Å². The minimum Gasteiger partial charge on any atom is -0.307 e. The molecule has 8 aromatic carbocycles. The Morgan fingerprint density at radius 2 is 0.370 bits per heavy atom. The van der Waals surface area contributed by atoms with Crippen LogP contribution in [0.15, 0.2) is 218 Å². The van der Waals surface area contributed by atoms with E-state index in [0.717, 1.165) is 44.5 Å². The first kappa shape index (κ1) is 69.1. The van der Waals surface area contributed by atoms with E-state index in [-0.39, 0.29) is 49.9 Å². The highest BCUT2D eigenvalue weighted by molar-refractivity contribution is 5.66. The molecule has 0 aliphatic carbocycles. The Morgan fingerprint density at radius 3 is 0.522 bits per heavy atom. The van der Waals surface area contributed by atoms with Gasteiger partial charge >= 0.3 is 24.7 Å². The first-order valence-electron chi connectivity index (χ1n) is 31.7. The molecule has 12 atom stereocenters. The van der Waals surface area contributed by atoms with E-state index in [9.17, 15) is 52.7 Å². The van der Waals surface area contributed by atoms with Gasteiger partial charge in [-0.25, -0.2) is 0 Å². The number of hydrogen-bond donors (Lipinski definition) is 4. The predicted octanol–water partition coefficient (Wildman–Crippen LogP) is 21.4. The molecule has 16 heteroatoms. The van der Waals surface area contributed by atoms with Gasteiger partial charge in [0.25, 0.3) is 0 Å². The standard InChI is InChI=1S/4C19H20F3N/c4*1-13-7-12-17(19(20,21)22)18(23-13)16-10-8-15(9-11-16)14-5-3-2-4-6-14/h4*2-6,8-11,13,17-18,23H,7,12H2,1H3/t4*13-,17+,18+/m1111/s1. The molecule has 4 saturated heterocycles. The summed E-state index contributed by atoms with van der Waals surface area (Å²) in [4.78, 5) is 0. The Bertz CT molecular complexity index is 3000. The lowest BCUT2D eigenvalue weighted by Crippen LogP contribution is -2.45. The van der Waals surface area contributed by atoms with Crippen molar-refractivity contribution in [2.75, 3.05) is 0 Å². The van der Waals surface area contributed by atoms with Crippen LogP contribution in [0.3, 0.4) is 0 Å². The van der Waals surface area contributed by atoms with Crippen LogP contribution in [-0.4, -0.2) is 48.9 Å². The minimum absolute atomic E-state index is 0.104. The lowest BCUT2D eigenvalue weighted by atomic mass is 9.83. The molecule has 4 heterocycles. The Morgan fingerprint density at radius 1 is 0.217 bits per heavy atom. The zero-order valence-electron chi connectivity index (χ0n) is 51.9. The highest BCUT2D eigenvalue weighted by Gasteiger charge is 2.50. The third-order valence-corrected chi connectivity index (χ3v) is 18.3. The first-order chi connectivity index (χ1) is 43.8. The van der Waals surface area contributed by atoms with Gasteiger partial charge in [0, 0.05) is 48.3 Å². The lowest BCUT2D eigenvalue weighted by molar-refractivity contribution is -0.191. The molecule has 0 unspecified atom stereocenters. The van der Waals surface area contributed by atoms with Crippen molar-refractivity contribution in [2.24, 2.45) is 23.7 Å². The van der Waals surface area contributed by atoms with Crippen molar-refractivity contribution in [3.05, 3.63) is 241 Å². The Balaban J connectivity index is 0.000000145. The largest absolute Gasteiger partial charge is 0.393 e. The van der Waals surface area contributed by atoms with Gasteiger partial charge in [-0.1, -0.05) is 218 Å². The molecule has 4 aliphatic rings. The summed E-state index contributed by atoms with van der Waals surface area (Å²) in [7, 11) is 0. The molecule has 0 aromatic heterocycles. The fourth-order valence-corrected chi connectivity index (χ4v) is 13.2. The van der Waals surface area contributed by atoms with Crippen LogP contribution in [0.4, 0.5) is 52.7 Å². The van der Waals surface area contributed by atoms with Crippen LogP contribution in [-0.2, 0) is 0 Å². The molecule has 8 aromatic rings. The van der Waals surface area contributed by atoms with E-state index in [1.54, 1.807) is 0 Å². The van der Waals surface area contributed by atoms with Crippen molar-refractivity contribution < 1.29 is 52.7 Å². The number of piperidine rings is 4. The smallest absolute Gasteiger partial charge is 0.307 e. The van der Waals surface area contributed by atoms with Crippen molar-refractivity contribution in [1.29, 1.82) is 0 Å². The van der Waals surface area contributed by atoms with Gasteiger partial charge < -0.3 is 21.3 Å². The van der Waals surface area contributed by atoms with Crippen molar-refractivity contribution in [1.82, 2.24) is 21.3 Å². The van der Waals surface area contributed by atoms with E-state index in [1.165, 1.54) is 0 Å². The molecule has 4 nitrogen and oxygen atoms in total. The van der Waals surface area contributed by atoms with Crippen LogP contribution >= 0.6 is 0 Å². The van der Waals surface area contributed by atoms with Gasteiger partial charge in [-0.05, 0) is 146 Å². The van der Waals surface area contributed by atoms with E-state index in [4.69, 9.17) is 0 Å². The SMILES string of the molecule is C[C@@H]1CC[C@H](C(F)(F)F)[C@H](c2ccc(-c3ccccc3)cc2)N1.C[C@@H]1CC[C@H](C(F)(F)F)[C@H](c2ccc(-c3ccccc3)cc2)N1.C[C@@H]1CC[C@H](C(F)(F)F)[C@H](c2ccc(-c3ccccc3)cc2)N1.C[C@@H]1CC[C@H](C(F)(F)F)[C@H](c2ccc(-c3ccccc3)cc2)N1. The highest BCUT2D eigenvalue weighted by atomic mass is 19.4. The number of alkyl halides is 12. The molecule has 4 aliphatic heterocycles. The van der Waals surface area contributed by atoms with Crippen LogP contribution in [0.5, 0.6) is 0 Å². The van der Waals surface area contributed by atoms with Crippen LogP contribution in [0.2, 0.25) is 0 Å². The van der Waals surface area contributed by atoms with E-state index in [0.29, 0.717) is 47.9 Å². The maximum atomic E-state index is 13.3. The molecule has 0 saturated carbocycles. The minimum atomic E-state index is -4.17. The van der Waals surface area contributed by atoms with E-state index < -0.39 is 72.5 Å². The Kier molecular flexibility index (Phi) is 23.0. The zero-order chi connectivity index (χ0) is 65.8. The summed E-state index contributed by atoms with van der Waals surface area (Å²) in [6, 6.07) is 66.9. The first-order valence-corrected chi connectivity index (χ1v) is 31.7. The second-order valence-corrected chi connectivity index (χ2v) is 25.0. The molecule has 0 radical (unpaired) electrons. The van der Waals surface area contributed by atoms with Gasteiger partial charge in [-0.15, -0.1) is 0 Å². The number of halogens is 12. The molecule has 0 amide bonds. The van der Waals surface area contributed by atoms with Gasteiger partial charge in [-0.3, -0.25) is 0 Å². The third kappa shape index (κ3) is 18.5. The molecule has 4 fully saturated rings. The Hall–Kier alpha value is -7.24. The zero-order valence-corrected chi connectivity index (χ0v) is 51.9. The predicted molar refractivity (Wildman–Crippen MR) is 344 cm³/mol. The van der Waals surface area contributed by atoms with Crippen molar-refractivity contribution in [3.63, 3.8) is 0 Å². The van der Waals surface area contributed by atoms with Crippen LogP contribution in [0.25, 0.3) is 44.5 Å². The van der Waals surface area contributed by atoms with Crippen molar-refractivity contribution >= 4 is 0 Å². The Labute approximate surface area is 532 Å². The molecule has 0 bridgehead atoms. The molecule has 4 N–H and O–H groups in total. The molecule has 12 rings (SSSR count). The lowest BCUT2D eigenvalue weighted by Gasteiger charge is -2.37. The quantitative estimate of drug-likeness (QED) is 0.115. The number of benzene rings is 8. The number of nitrogens with one attached hydrogen (secondary N) is 4. The van der Waals surface area contributed by atoms with Crippen LogP contribution in [0.1, 0.15) is 125 Å². The summed E-state index contributed by atoms with van der Waals surface area (Å²) in [5.41, 5.74) is 11.2. The molecule has 92 heavy (non-hydrogen) atoms. The average Bonchev–Trinajstić information content (AvgIpc) is 0.836. The normalized spacial score (nSPS) is 25.3. The van der Waals surface area contributed by atoms with E-state index in [2.05, 4.69) is 21.3 Å². The fraction of sp³-hybridized carbons (Fsp3) is 0.368. The monoisotopic (exact) mass is 1280 g/mol. The van der Waals surface area contributed by atoms with Crippen LogP contribution in [0, 0.1) is 23.7 Å². The van der Waals surface area contributed by atoms with Gasteiger partial charge in [0.15, 0.2) is 0 Å². The van der Waals surface area contributed by atoms with Crippen molar-refractivity contribution in [3.8, 4) is 44.5 Å². The topological polar surface area (TPSA) is 48.1 Å². The average molecular weight is 1280 g/mol. The summed E-state index contributed by atoms with van der Waals surface area (Å²) in [6.45, 7) is 7.77. The molecule has 488 valence electrons. The number of rotatable bonds is 8. The summed E-state index contributed by atoms with van der Waals surface area (Å²) < 4.78 is 160. The third-order valence-electron chi connectivity index (χ3n) is 18.3. The van der Waals surface area contributed by atoms with E-state index >= 15 is 0 Å². The highest BCUT2D eigenvalue weighted by Crippen LogP contribution is 2.47. The second-order valence-electron chi connectivity index (χ2n) is 25.0. The molecular formula is C76H80F12N4. The summed E-state index contributed by atoms with van der Waals surface area (Å²) in [5, 5.41) is 12.5. The molecule has 0 spiro atoms.